The van der Waals surface area contributed by atoms with Gasteiger partial charge in [0, 0.05) is 41.8 Å². The lowest BCUT2D eigenvalue weighted by molar-refractivity contribution is -0.117. The Bertz CT molecular complexity index is 778. The fraction of sp³-hybridized carbons (Fsp3) is 0.263. The van der Waals surface area contributed by atoms with Crippen LogP contribution in [0, 0.1) is 5.92 Å². The summed E-state index contributed by atoms with van der Waals surface area (Å²) in [5.74, 6) is 0.873. The quantitative estimate of drug-likeness (QED) is 0.842. The zero-order chi connectivity index (χ0) is 18.5. The molecule has 0 aliphatic carbocycles. The zero-order valence-corrected chi connectivity index (χ0v) is 15.1. The molecule has 6 nitrogen and oxygen atoms in total. The van der Waals surface area contributed by atoms with E-state index in [1.807, 2.05) is 24.3 Å². The van der Waals surface area contributed by atoms with Crippen LogP contribution in [0.4, 0.5) is 16.2 Å². The molecule has 0 radical (unpaired) electrons. The predicted octanol–water partition coefficient (Wildman–Crippen LogP) is 3.52. The molecule has 0 saturated carbocycles. The summed E-state index contributed by atoms with van der Waals surface area (Å²) in [6, 6.07) is 13.9. The summed E-state index contributed by atoms with van der Waals surface area (Å²) in [5.41, 5.74) is 1.50. The van der Waals surface area contributed by atoms with Gasteiger partial charge in [0.05, 0.1) is 7.11 Å². The SMILES string of the molecule is COc1ccc(N2CC(CNC(=O)Nc3ccc(Cl)cc3)CC2=O)cc1. The summed E-state index contributed by atoms with van der Waals surface area (Å²) in [6.07, 6.45) is 0.410. The molecule has 3 rings (SSSR count). The number of hydrogen-bond donors (Lipinski definition) is 2. The van der Waals surface area contributed by atoms with Crippen LogP contribution in [0.1, 0.15) is 6.42 Å². The minimum absolute atomic E-state index is 0.0556. The van der Waals surface area contributed by atoms with Crippen LogP contribution in [0.15, 0.2) is 48.5 Å². The summed E-state index contributed by atoms with van der Waals surface area (Å²) < 4.78 is 5.13. The van der Waals surface area contributed by atoms with Gasteiger partial charge >= 0.3 is 6.03 Å². The standard InChI is InChI=1S/C19H20ClN3O3/c1-26-17-8-6-16(7-9-17)23-12-13(10-18(23)24)11-21-19(25)22-15-4-2-14(20)3-5-15/h2-9,13H,10-12H2,1H3,(H2,21,22,25). The van der Waals surface area contributed by atoms with Gasteiger partial charge in [-0.3, -0.25) is 4.79 Å². The van der Waals surface area contributed by atoms with Gasteiger partial charge in [0.2, 0.25) is 5.91 Å². The van der Waals surface area contributed by atoms with E-state index >= 15 is 0 Å². The lowest BCUT2D eigenvalue weighted by atomic mass is 10.1. The lowest BCUT2D eigenvalue weighted by Gasteiger charge is -2.17. The molecule has 1 fully saturated rings. The first-order valence-corrected chi connectivity index (χ1v) is 8.68. The molecule has 2 aromatic rings. The monoisotopic (exact) mass is 373 g/mol. The Balaban J connectivity index is 1.50. The van der Waals surface area contributed by atoms with Crippen molar-refractivity contribution in [2.24, 2.45) is 5.92 Å². The summed E-state index contributed by atoms with van der Waals surface area (Å²) in [6.45, 7) is 1.00. The average Bonchev–Trinajstić information content (AvgIpc) is 3.03. The molecule has 0 aromatic heterocycles. The Morgan fingerprint density at radius 1 is 1.19 bits per heavy atom. The Morgan fingerprint density at radius 2 is 1.88 bits per heavy atom. The molecule has 2 aromatic carbocycles. The summed E-state index contributed by atoms with van der Waals surface area (Å²) >= 11 is 5.82. The Labute approximate surface area is 157 Å². The van der Waals surface area contributed by atoms with Crippen LogP contribution in [0.5, 0.6) is 5.75 Å². The molecule has 0 bridgehead atoms. The number of urea groups is 1. The van der Waals surface area contributed by atoms with Crippen LogP contribution in [-0.2, 0) is 4.79 Å². The van der Waals surface area contributed by atoms with E-state index in [1.54, 1.807) is 36.3 Å². The Hall–Kier alpha value is -2.73. The van der Waals surface area contributed by atoms with Crippen molar-refractivity contribution in [3.8, 4) is 5.75 Å². The lowest BCUT2D eigenvalue weighted by Crippen LogP contribution is -2.34. The van der Waals surface area contributed by atoms with E-state index < -0.39 is 0 Å². The summed E-state index contributed by atoms with van der Waals surface area (Å²) in [5, 5.41) is 6.17. The number of carbonyl (C=O) groups is 2. The fourth-order valence-electron chi connectivity index (χ4n) is 2.88. The van der Waals surface area contributed by atoms with E-state index in [-0.39, 0.29) is 17.9 Å². The number of ether oxygens (including phenoxy) is 1. The maximum Gasteiger partial charge on any atom is 0.319 e. The first kappa shape index (κ1) is 18.1. The van der Waals surface area contributed by atoms with Gasteiger partial charge in [0.1, 0.15) is 5.75 Å². The molecule has 1 atom stereocenters. The molecule has 1 aliphatic rings. The van der Waals surface area contributed by atoms with Gasteiger partial charge in [-0.05, 0) is 48.5 Å². The van der Waals surface area contributed by atoms with E-state index in [2.05, 4.69) is 10.6 Å². The van der Waals surface area contributed by atoms with Crippen LogP contribution in [0.2, 0.25) is 5.02 Å². The molecule has 1 aliphatic heterocycles. The van der Waals surface area contributed by atoms with Crippen molar-refractivity contribution in [3.63, 3.8) is 0 Å². The maximum atomic E-state index is 12.3. The van der Waals surface area contributed by atoms with Crippen molar-refractivity contribution in [1.29, 1.82) is 0 Å². The number of halogens is 1. The van der Waals surface area contributed by atoms with Crippen LogP contribution < -0.4 is 20.3 Å². The molecule has 7 heteroatoms. The van der Waals surface area contributed by atoms with Crippen molar-refractivity contribution < 1.29 is 14.3 Å². The Kier molecular flexibility index (Phi) is 5.63. The number of nitrogens with one attached hydrogen (secondary N) is 2. The number of rotatable bonds is 5. The fourth-order valence-corrected chi connectivity index (χ4v) is 3.00. The largest absolute Gasteiger partial charge is 0.497 e. The third-order valence-electron chi connectivity index (χ3n) is 4.24. The minimum Gasteiger partial charge on any atom is -0.497 e. The average molecular weight is 374 g/mol. The first-order valence-electron chi connectivity index (χ1n) is 8.30. The maximum absolute atomic E-state index is 12.3. The van der Waals surface area contributed by atoms with Gasteiger partial charge in [0.25, 0.3) is 0 Å². The highest BCUT2D eigenvalue weighted by molar-refractivity contribution is 6.30. The second-order valence-corrected chi connectivity index (χ2v) is 6.55. The third kappa shape index (κ3) is 4.46. The van der Waals surface area contributed by atoms with Crippen LogP contribution in [-0.4, -0.2) is 32.1 Å². The van der Waals surface area contributed by atoms with Crippen molar-refractivity contribution in [1.82, 2.24) is 5.32 Å². The van der Waals surface area contributed by atoms with E-state index in [4.69, 9.17) is 16.3 Å². The second-order valence-electron chi connectivity index (χ2n) is 6.11. The number of amides is 3. The van der Waals surface area contributed by atoms with Crippen molar-refractivity contribution >= 4 is 34.9 Å². The van der Waals surface area contributed by atoms with Gasteiger partial charge in [-0.1, -0.05) is 11.6 Å². The van der Waals surface area contributed by atoms with E-state index in [0.29, 0.717) is 30.2 Å². The highest BCUT2D eigenvalue weighted by Crippen LogP contribution is 2.26. The summed E-state index contributed by atoms with van der Waals surface area (Å²) in [4.78, 5) is 26.0. The highest BCUT2D eigenvalue weighted by atomic mass is 35.5. The smallest absolute Gasteiger partial charge is 0.319 e. The molecule has 1 heterocycles. The number of nitrogens with zero attached hydrogens (tertiary/aromatic N) is 1. The summed E-state index contributed by atoms with van der Waals surface area (Å²) in [7, 11) is 1.60. The number of benzene rings is 2. The van der Waals surface area contributed by atoms with Gasteiger partial charge in [-0.25, -0.2) is 4.79 Å². The molecule has 26 heavy (non-hydrogen) atoms. The molecule has 3 amide bonds. The first-order chi connectivity index (χ1) is 12.5. The van der Waals surface area contributed by atoms with Crippen molar-refractivity contribution in [2.75, 3.05) is 30.4 Å². The van der Waals surface area contributed by atoms with Gasteiger partial charge in [-0.15, -0.1) is 0 Å². The third-order valence-corrected chi connectivity index (χ3v) is 4.49. The molecule has 136 valence electrons. The van der Waals surface area contributed by atoms with E-state index in [9.17, 15) is 9.59 Å². The molecule has 1 saturated heterocycles. The molecule has 1 unspecified atom stereocenters. The number of methoxy groups -OCH3 is 1. The van der Waals surface area contributed by atoms with Gasteiger partial charge < -0.3 is 20.3 Å². The molecule has 0 spiro atoms. The highest BCUT2D eigenvalue weighted by Gasteiger charge is 2.30. The zero-order valence-electron chi connectivity index (χ0n) is 14.4. The Morgan fingerprint density at radius 3 is 2.54 bits per heavy atom. The number of carbonyl (C=O) groups excluding carboxylic acids is 2. The predicted molar refractivity (Wildman–Crippen MR) is 102 cm³/mol. The van der Waals surface area contributed by atoms with Gasteiger partial charge in [0.15, 0.2) is 0 Å². The number of anilines is 2. The van der Waals surface area contributed by atoms with E-state index in [0.717, 1.165) is 11.4 Å². The normalized spacial score (nSPS) is 16.5. The van der Waals surface area contributed by atoms with E-state index in [1.165, 1.54) is 0 Å². The second kappa shape index (κ2) is 8.10. The van der Waals surface area contributed by atoms with Crippen molar-refractivity contribution in [3.05, 3.63) is 53.6 Å². The van der Waals surface area contributed by atoms with Crippen LogP contribution in [0.25, 0.3) is 0 Å². The van der Waals surface area contributed by atoms with Crippen LogP contribution in [0.3, 0.4) is 0 Å². The number of hydrogen-bond acceptors (Lipinski definition) is 3. The molecular formula is C19H20ClN3O3. The van der Waals surface area contributed by atoms with Gasteiger partial charge in [-0.2, -0.15) is 0 Å². The minimum atomic E-state index is -0.303. The molecular weight excluding hydrogens is 354 g/mol. The van der Waals surface area contributed by atoms with Crippen molar-refractivity contribution in [2.45, 2.75) is 6.42 Å². The topological polar surface area (TPSA) is 70.7 Å². The van der Waals surface area contributed by atoms with Crippen LogP contribution >= 0.6 is 11.6 Å². The molecule has 2 N–H and O–H groups in total.